The Morgan fingerprint density at radius 2 is 1.81 bits per heavy atom. The molecular weight excluding hydrogens is 330 g/mol. The van der Waals surface area contributed by atoms with E-state index in [9.17, 15) is 9.59 Å². The number of aryl methyl sites for hydroxylation is 1. The van der Waals surface area contributed by atoms with E-state index in [4.69, 9.17) is 4.74 Å². The average molecular weight is 351 g/mol. The van der Waals surface area contributed by atoms with Crippen LogP contribution in [0.25, 0.3) is 10.9 Å². The maximum absolute atomic E-state index is 12.8. The van der Waals surface area contributed by atoms with E-state index in [0.29, 0.717) is 35.3 Å². The standard InChI is InChI=1S/C20H21N3O3/c1-3-17(26-14-10-6-5-7-11-14)19(24)22-23-18(4-2)21-16-13-9-8-12-15(16)20(23)25/h5-13,17H,3-4H2,1-2H3,(H,22,24). The molecule has 1 aromatic heterocycles. The Labute approximate surface area is 151 Å². The van der Waals surface area contributed by atoms with Crippen molar-refractivity contribution in [3.8, 4) is 5.75 Å². The van der Waals surface area contributed by atoms with E-state index in [0.717, 1.165) is 0 Å². The van der Waals surface area contributed by atoms with Crippen LogP contribution in [0, 0.1) is 0 Å². The second kappa shape index (κ2) is 7.82. The molecule has 0 saturated heterocycles. The van der Waals surface area contributed by atoms with Gasteiger partial charge in [-0.25, -0.2) is 9.66 Å². The summed E-state index contributed by atoms with van der Waals surface area (Å²) in [6.07, 6.45) is 0.273. The monoisotopic (exact) mass is 351 g/mol. The highest BCUT2D eigenvalue weighted by atomic mass is 16.5. The summed E-state index contributed by atoms with van der Waals surface area (Å²) >= 11 is 0. The normalized spacial score (nSPS) is 11.9. The molecule has 0 spiro atoms. The number of benzene rings is 2. The highest BCUT2D eigenvalue weighted by Crippen LogP contribution is 2.13. The Bertz CT molecular complexity index is 967. The van der Waals surface area contributed by atoms with Crippen LogP contribution in [0.5, 0.6) is 5.75 Å². The zero-order valence-corrected chi connectivity index (χ0v) is 14.8. The minimum absolute atomic E-state index is 0.296. The first-order chi connectivity index (χ1) is 12.6. The molecule has 0 aliphatic heterocycles. The lowest BCUT2D eigenvalue weighted by molar-refractivity contribution is -0.123. The summed E-state index contributed by atoms with van der Waals surface area (Å²) < 4.78 is 6.97. The van der Waals surface area contributed by atoms with Crippen LogP contribution in [-0.4, -0.2) is 21.7 Å². The van der Waals surface area contributed by atoms with Gasteiger partial charge in [0.25, 0.3) is 11.5 Å². The summed E-state index contributed by atoms with van der Waals surface area (Å²) in [4.78, 5) is 29.9. The average Bonchev–Trinajstić information content (AvgIpc) is 2.68. The van der Waals surface area contributed by atoms with Crippen molar-refractivity contribution in [1.82, 2.24) is 9.66 Å². The van der Waals surface area contributed by atoms with Crippen LogP contribution in [0.3, 0.4) is 0 Å². The molecule has 1 N–H and O–H groups in total. The fourth-order valence-corrected chi connectivity index (χ4v) is 2.70. The van der Waals surface area contributed by atoms with Gasteiger partial charge in [0.1, 0.15) is 11.6 Å². The Balaban J connectivity index is 1.90. The number of carbonyl (C=O) groups is 1. The number of carbonyl (C=O) groups excluding carboxylic acids is 1. The first-order valence-electron chi connectivity index (χ1n) is 8.67. The quantitative estimate of drug-likeness (QED) is 0.741. The number of amides is 1. The molecule has 1 atom stereocenters. The predicted molar refractivity (Wildman–Crippen MR) is 101 cm³/mol. The van der Waals surface area contributed by atoms with E-state index in [-0.39, 0.29) is 11.5 Å². The predicted octanol–water partition coefficient (Wildman–Crippen LogP) is 2.89. The zero-order chi connectivity index (χ0) is 18.5. The number of aromatic nitrogens is 2. The van der Waals surface area contributed by atoms with Gasteiger partial charge in [-0.05, 0) is 30.7 Å². The van der Waals surface area contributed by atoms with Crippen LogP contribution in [0.15, 0.2) is 59.4 Å². The van der Waals surface area contributed by atoms with Crippen molar-refractivity contribution in [1.29, 1.82) is 0 Å². The van der Waals surface area contributed by atoms with Gasteiger partial charge in [-0.15, -0.1) is 0 Å². The van der Waals surface area contributed by atoms with E-state index >= 15 is 0 Å². The number of ether oxygens (including phenoxy) is 1. The summed E-state index contributed by atoms with van der Waals surface area (Å²) in [5.41, 5.74) is 2.99. The van der Waals surface area contributed by atoms with Gasteiger partial charge in [0.15, 0.2) is 6.10 Å². The van der Waals surface area contributed by atoms with Crippen molar-refractivity contribution in [3.05, 3.63) is 70.8 Å². The topological polar surface area (TPSA) is 73.2 Å². The Hall–Kier alpha value is -3.15. The van der Waals surface area contributed by atoms with E-state index in [1.807, 2.05) is 38.1 Å². The molecule has 0 aliphatic rings. The summed E-state index contributed by atoms with van der Waals surface area (Å²) in [6, 6.07) is 16.2. The molecule has 134 valence electrons. The summed E-state index contributed by atoms with van der Waals surface area (Å²) in [6.45, 7) is 3.74. The molecule has 0 bridgehead atoms. The number of para-hydroxylation sites is 2. The number of hydrogen-bond donors (Lipinski definition) is 1. The molecule has 3 aromatic rings. The highest BCUT2D eigenvalue weighted by molar-refractivity contribution is 5.88. The molecule has 6 heteroatoms. The van der Waals surface area contributed by atoms with Gasteiger partial charge in [-0.2, -0.15) is 0 Å². The number of fused-ring (bicyclic) bond motifs is 1. The minimum Gasteiger partial charge on any atom is -0.481 e. The van der Waals surface area contributed by atoms with E-state index in [2.05, 4.69) is 10.4 Å². The molecule has 1 amide bonds. The van der Waals surface area contributed by atoms with Crippen LogP contribution < -0.4 is 15.7 Å². The lowest BCUT2D eigenvalue weighted by atomic mass is 10.2. The van der Waals surface area contributed by atoms with Gasteiger partial charge in [0, 0.05) is 6.42 Å². The third-order valence-corrected chi connectivity index (χ3v) is 4.07. The molecule has 2 aromatic carbocycles. The Kier molecular flexibility index (Phi) is 5.31. The van der Waals surface area contributed by atoms with Gasteiger partial charge in [0.2, 0.25) is 0 Å². The molecule has 1 unspecified atom stereocenters. The maximum atomic E-state index is 12.8. The number of nitrogens with one attached hydrogen (secondary N) is 1. The van der Waals surface area contributed by atoms with Crippen LogP contribution >= 0.6 is 0 Å². The van der Waals surface area contributed by atoms with Gasteiger partial charge in [0.05, 0.1) is 10.9 Å². The third kappa shape index (κ3) is 3.59. The molecule has 0 fully saturated rings. The molecule has 3 rings (SSSR count). The molecule has 1 heterocycles. The molecule has 6 nitrogen and oxygen atoms in total. The fourth-order valence-electron chi connectivity index (χ4n) is 2.70. The van der Waals surface area contributed by atoms with Crippen molar-refractivity contribution in [2.24, 2.45) is 0 Å². The maximum Gasteiger partial charge on any atom is 0.280 e. The largest absolute Gasteiger partial charge is 0.481 e. The van der Waals surface area contributed by atoms with E-state index < -0.39 is 6.10 Å². The van der Waals surface area contributed by atoms with Crippen LogP contribution in [0.4, 0.5) is 0 Å². The van der Waals surface area contributed by atoms with Crippen LogP contribution in [-0.2, 0) is 11.2 Å². The smallest absolute Gasteiger partial charge is 0.280 e. The summed E-state index contributed by atoms with van der Waals surface area (Å²) in [7, 11) is 0. The van der Waals surface area contributed by atoms with Crippen molar-refractivity contribution in [2.45, 2.75) is 32.8 Å². The third-order valence-electron chi connectivity index (χ3n) is 4.07. The van der Waals surface area contributed by atoms with Gasteiger partial charge in [-0.1, -0.05) is 44.2 Å². The molecule has 0 saturated carbocycles. The SMILES string of the molecule is CCc1nc2ccccc2c(=O)n1NC(=O)C(CC)Oc1ccccc1. The first-order valence-corrected chi connectivity index (χ1v) is 8.67. The Morgan fingerprint density at radius 3 is 2.50 bits per heavy atom. The number of hydrogen-bond acceptors (Lipinski definition) is 4. The van der Waals surface area contributed by atoms with Crippen LogP contribution in [0.2, 0.25) is 0 Å². The minimum atomic E-state index is -0.708. The second-order valence-corrected chi connectivity index (χ2v) is 5.84. The van der Waals surface area contributed by atoms with Crippen molar-refractivity contribution in [3.63, 3.8) is 0 Å². The number of nitrogens with zero attached hydrogens (tertiary/aromatic N) is 2. The van der Waals surface area contributed by atoms with Gasteiger partial charge in [-0.3, -0.25) is 15.0 Å². The van der Waals surface area contributed by atoms with E-state index in [1.165, 1.54) is 4.68 Å². The zero-order valence-electron chi connectivity index (χ0n) is 14.8. The molecular formula is C20H21N3O3. The van der Waals surface area contributed by atoms with E-state index in [1.54, 1.807) is 30.3 Å². The van der Waals surface area contributed by atoms with Crippen molar-refractivity contribution < 1.29 is 9.53 Å². The van der Waals surface area contributed by atoms with Crippen molar-refractivity contribution in [2.75, 3.05) is 5.43 Å². The van der Waals surface area contributed by atoms with Crippen LogP contribution in [0.1, 0.15) is 26.1 Å². The lowest BCUT2D eigenvalue weighted by Gasteiger charge is -2.19. The number of rotatable bonds is 6. The summed E-state index contributed by atoms with van der Waals surface area (Å²) in [5, 5.41) is 0.460. The lowest BCUT2D eigenvalue weighted by Crippen LogP contribution is -2.42. The molecule has 0 radical (unpaired) electrons. The first kappa shape index (κ1) is 17.7. The molecule has 26 heavy (non-hydrogen) atoms. The van der Waals surface area contributed by atoms with Crippen molar-refractivity contribution >= 4 is 16.8 Å². The highest BCUT2D eigenvalue weighted by Gasteiger charge is 2.21. The Morgan fingerprint density at radius 1 is 1.12 bits per heavy atom. The molecule has 0 aliphatic carbocycles. The summed E-state index contributed by atoms with van der Waals surface area (Å²) in [5.74, 6) is 0.719. The second-order valence-electron chi connectivity index (χ2n) is 5.84. The fraction of sp³-hybridized carbons (Fsp3) is 0.250. The van der Waals surface area contributed by atoms with Gasteiger partial charge >= 0.3 is 0 Å². The van der Waals surface area contributed by atoms with Gasteiger partial charge < -0.3 is 4.74 Å².